The Morgan fingerprint density at radius 1 is 1.03 bits per heavy atom. The fourth-order valence-corrected chi connectivity index (χ4v) is 4.89. The highest BCUT2D eigenvalue weighted by atomic mass is 15.1. The lowest BCUT2D eigenvalue weighted by molar-refractivity contribution is 0.211. The van der Waals surface area contributed by atoms with E-state index in [4.69, 9.17) is 0 Å². The lowest BCUT2D eigenvalue weighted by Crippen LogP contribution is -2.33. The minimum Gasteiger partial charge on any atom is -0.375 e. The van der Waals surface area contributed by atoms with Crippen LogP contribution in [0.3, 0.4) is 0 Å². The van der Waals surface area contributed by atoms with Crippen LogP contribution in [0.15, 0.2) is 77.6 Å². The van der Waals surface area contributed by atoms with Crippen molar-refractivity contribution < 1.29 is 0 Å². The van der Waals surface area contributed by atoms with E-state index in [9.17, 15) is 0 Å². The first kappa shape index (κ1) is 24.0. The van der Waals surface area contributed by atoms with E-state index < -0.39 is 0 Å². The third-order valence-corrected chi connectivity index (χ3v) is 6.92. The molecular weight excluding hydrogens is 388 g/mol. The maximum Gasteiger partial charge on any atom is 0.0299 e. The molecule has 1 heterocycles. The van der Waals surface area contributed by atoms with Crippen molar-refractivity contribution >= 4 is 11.8 Å². The molecular formula is C30H40N2. The number of allylic oxidation sites excluding steroid dienone is 3. The Morgan fingerprint density at radius 3 is 2.41 bits per heavy atom. The van der Waals surface area contributed by atoms with Crippen molar-refractivity contribution in [2.45, 2.75) is 65.7 Å². The first-order valence-electron chi connectivity index (χ1n) is 12.3. The van der Waals surface area contributed by atoms with Gasteiger partial charge in [-0.1, -0.05) is 67.6 Å². The van der Waals surface area contributed by atoms with Gasteiger partial charge in [-0.05, 0) is 80.6 Å². The quantitative estimate of drug-likeness (QED) is 0.371. The minimum absolute atomic E-state index is 0.572. The Bertz CT molecular complexity index is 915. The highest BCUT2D eigenvalue weighted by molar-refractivity contribution is 5.68. The second kappa shape index (κ2) is 12.4. The Hall–Kier alpha value is -2.61. The molecule has 1 aliphatic heterocycles. The molecule has 1 atom stereocenters. The normalized spacial score (nSPS) is 17.2. The summed E-state index contributed by atoms with van der Waals surface area (Å²) in [6.45, 7) is 11.1. The third kappa shape index (κ3) is 6.69. The molecule has 3 rings (SSSR count). The average Bonchev–Trinajstić information content (AvgIpc) is 2.85. The van der Waals surface area contributed by atoms with Gasteiger partial charge < -0.3 is 4.90 Å². The Morgan fingerprint density at radius 2 is 1.72 bits per heavy atom. The summed E-state index contributed by atoms with van der Waals surface area (Å²) in [4.78, 5) is 6.94. The summed E-state index contributed by atoms with van der Waals surface area (Å²) in [7, 11) is 0. The fraction of sp³-hybridized carbons (Fsp3) is 0.433. The van der Waals surface area contributed by atoms with Gasteiger partial charge in [-0.3, -0.25) is 4.99 Å². The molecule has 0 saturated carbocycles. The molecule has 1 saturated heterocycles. The van der Waals surface area contributed by atoms with Crippen molar-refractivity contribution in [3.63, 3.8) is 0 Å². The van der Waals surface area contributed by atoms with Gasteiger partial charge in [0.25, 0.3) is 0 Å². The van der Waals surface area contributed by atoms with Gasteiger partial charge in [0.2, 0.25) is 0 Å². The van der Waals surface area contributed by atoms with E-state index >= 15 is 0 Å². The van der Waals surface area contributed by atoms with Crippen LogP contribution in [0.25, 0.3) is 5.57 Å². The molecule has 2 nitrogen and oxygen atoms in total. The van der Waals surface area contributed by atoms with Gasteiger partial charge in [0.05, 0.1) is 0 Å². The molecule has 0 N–H and O–H groups in total. The van der Waals surface area contributed by atoms with Gasteiger partial charge in [0.1, 0.15) is 0 Å². The number of nitrogens with zero attached hydrogens (tertiary/aromatic N) is 2. The van der Waals surface area contributed by atoms with Gasteiger partial charge in [-0.15, -0.1) is 0 Å². The Kier molecular flexibility index (Phi) is 9.34. The van der Waals surface area contributed by atoms with E-state index in [1.807, 2.05) is 19.3 Å². The lowest BCUT2D eigenvalue weighted by Gasteiger charge is -2.36. The molecule has 2 aromatic carbocycles. The molecule has 0 aromatic heterocycles. The van der Waals surface area contributed by atoms with Gasteiger partial charge >= 0.3 is 0 Å². The predicted octanol–water partition coefficient (Wildman–Crippen LogP) is 7.88. The number of likely N-dealkylation sites (tertiary alicyclic amines) is 1. The molecule has 0 amide bonds. The van der Waals surface area contributed by atoms with Crippen LogP contribution in [0, 0.1) is 5.92 Å². The molecule has 0 bridgehead atoms. The van der Waals surface area contributed by atoms with E-state index in [0.717, 1.165) is 12.3 Å². The van der Waals surface area contributed by atoms with Crippen molar-refractivity contribution in [3.8, 4) is 0 Å². The monoisotopic (exact) mass is 428 g/mol. The van der Waals surface area contributed by atoms with Crippen molar-refractivity contribution in [1.82, 2.24) is 4.90 Å². The number of hydrogen-bond acceptors (Lipinski definition) is 2. The first-order chi connectivity index (χ1) is 15.6. The van der Waals surface area contributed by atoms with E-state index in [0.29, 0.717) is 5.92 Å². The van der Waals surface area contributed by atoms with Crippen molar-refractivity contribution in [1.29, 1.82) is 0 Å². The number of aliphatic imine (C=N–C) groups is 1. The van der Waals surface area contributed by atoms with Crippen LogP contribution in [0.5, 0.6) is 0 Å². The summed E-state index contributed by atoms with van der Waals surface area (Å²) < 4.78 is 0. The van der Waals surface area contributed by atoms with E-state index in [1.165, 1.54) is 66.7 Å². The van der Waals surface area contributed by atoms with Crippen molar-refractivity contribution in [2.24, 2.45) is 10.9 Å². The van der Waals surface area contributed by atoms with Crippen LogP contribution >= 0.6 is 0 Å². The predicted molar refractivity (Wildman–Crippen MR) is 140 cm³/mol. The molecule has 0 radical (unpaired) electrons. The Balaban J connectivity index is 1.52. The van der Waals surface area contributed by atoms with Gasteiger partial charge in [-0.25, -0.2) is 0 Å². The van der Waals surface area contributed by atoms with Crippen molar-refractivity contribution in [2.75, 3.05) is 13.1 Å². The summed E-state index contributed by atoms with van der Waals surface area (Å²) in [5.41, 5.74) is 6.94. The third-order valence-electron chi connectivity index (χ3n) is 6.92. The molecule has 2 aromatic rings. The SMILES string of the molecule is C/C=N\C=C(/C)c1ccccc1C(C)CCC1CCN(/C(=C\C)Cc2ccccc2)CC1. The minimum atomic E-state index is 0.572. The maximum atomic E-state index is 4.33. The van der Waals surface area contributed by atoms with Crippen LogP contribution in [-0.4, -0.2) is 24.2 Å². The number of benzene rings is 2. The second-order valence-electron chi connectivity index (χ2n) is 9.16. The summed E-state index contributed by atoms with van der Waals surface area (Å²) in [5, 5.41) is 0. The fourth-order valence-electron chi connectivity index (χ4n) is 4.89. The van der Waals surface area contributed by atoms with Crippen LogP contribution < -0.4 is 0 Å². The summed E-state index contributed by atoms with van der Waals surface area (Å²) in [6.07, 6.45) is 12.4. The van der Waals surface area contributed by atoms with Crippen LogP contribution in [0.1, 0.15) is 76.0 Å². The molecule has 1 fully saturated rings. The zero-order valence-corrected chi connectivity index (χ0v) is 20.4. The van der Waals surface area contributed by atoms with Crippen LogP contribution in [0.2, 0.25) is 0 Å². The number of hydrogen-bond donors (Lipinski definition) is 0. The second-order valence-corrected chi connectivity index (χ2v) is 9.16. The van der Waals surface area contributed by atoms with Gasteiger partial charge in [-0.2, -0.15) is 0 Å². The topological polar surface area (TPSA) is 15.6 Å². The zero-order chi connectivity index (χ0) is 22.8. The molecule has 32 heavy (non-hydrogen) atoms. The van der Waals surface area contributed by atoms with Crippen molar-refractivity contribution in [3.05, 3.63) is 89.3 Å². The average molecular weight is 429 g/mol. The first-order valence-corrected chi connectivity index (χ1v) is 12.3. The molecule has 170 valence electrons. The van der Waals surface area contributed by atoms with Gasteiger partial charge in [0.15, 0.2) is 0 Å². The molecule has 1 unspecified atom stereocenters. The van der Waals surface area contributed by atoms with E-state index in [1.54, 1.807) is 0 Å². The molecule has 0 aliphatic carbocycles. The Labute approximate surface area is 195 Å². The summed E-state index contributed by atoms with van der Waals surface area (Å²) >= 11 is 0. The molecule has 0 spiro atoms. The zero-order valence-electron chi connectivity index (χ0n) is 20.4. The smallest absolute Gasteiger partial charge is 0.0299 e. The number of rotatable bonds is 9. The summed E-state index contributed by atoms with van der Waals surface area (Å²) in [6, 6.07) is 19.7. The van der Waals surface area contributed by atoms with Crippen LogP contribution in [-0.2, 0) is 6.42 Å². The van der Waals surface area contributed by atoms with Gasteiger partial charge in [0, 0.05) is 37.6 Å². The lowest BCUT2D eigenvalue weighted by atomic mass is 9.84. The van der Waals surface area contributed by atoms with Crippen LogP contribution in [0.4, 0.5) is 0 Å². The standard InChI is InChI=1S/C30H40N2/c1-5-28(22-27-12-8-7-9-13-27)32-20-18-26(19-21-32)17-16-24(3)29-14-10-11-15-30(29)25(4)23-31-6-2/h5-15,23-24,26H,16-22H2,1-4H3/b25-23+,28-5-,31-6-. The van der Waals surface area contributed by atoms with E-state index in [-0.39, 0.29) is 0 Å². The number of piperidine rings is 1. The highest BCUT2D eigenvalue weighted by Gasteiger charge is 2.22. The molecule has 1 aliphatic rings. The highest BCUT2D eigenvalue weighted by Crippen LogP contribution is 2.32. The largest absolute Gasteiger partial charge is 0.375 e. The van der Waals surface area contributed by atoms with E-state index in [2.05, 4.69) is 91.3 Å². The maximum absolute atomic E-state index is 4.33. The molecule has 2 heteroatoms. The summed E-state index contributed by atoms with van der Waals surface area (Å²) in [5.74, 6) is 1.42.